The Morgan fingerprint density at radius 3 is 2.64 bits per heavy atom. The van der Waals surface area contributed by atoms with E-state index in [-0.39, 0.29) is 18.1 Å². The first-order valence-corrected chi connectivity index (χ1v) is 9.56. The SMILES string of the molecule is CC(C)(C)NCC(O)COc1ccc(C=Cc2cccc3c2CC(=O)N3)cc1. The molecule has 0 saturated carbocycles. The highest BCUT2D eigenvalue weighted by atomic mass is 16.5. The number of rotatable bonds is 7. The van der Waals surface area contributed by atoms with Crippen molar-refractivity contribution in [1.29, 1.82) is 0 Å². The number of anilines is 1. The number of nitrogens with one attached hydrogen (secondary N) is 2. The molecule has 1 aliphatic heterocycles. The van der Waals surface area contributed by atoms with Gasteiger partial charge < -0.3 is 20.5 Å². The highest BCUT2D eigenvalue weighted by molar-refractivity contribution is 6.00. The molecular weight excluding hydrogens is 352 g/mol. The molecular formula is C23H28N2O3. The Morgan fingerprint density at radius 1 is 1.18 bits per heavy atom. The van der Waals surface area contributed by atoms with Crippen molar-refractivity contribution in [1.82, 2.24) is 5.32 Å². The van der Waals surface area contributed by atoms with Crippen LogP contribution in [0.5, 0.6) is 5.75 Å². The van der Waals surface area contributed by atoms with E-state index in [1.54, 1.807) is 0 Å². The van der Waals surface area contributed by atoms with Crippen LogP contribution < -0.4 is 15.4 Å². The van der Waals surface area contributed by atoms with Gasteiger partial charge in [0.15, 0.2) is 0 Å². The fourth-order valence-electron chi connectivity index (χ4n) is 2.97. The van der Waals surface area contributed by atoms with Crippen LogP contribution in [0.25, 0.3) is 12.2 Å². The summed E-state index contributed by atoms with van der Waals surface area (Å²) in [5.74, 6) is 0.764. The van der Waals surface area contributed by atoms with Crippen molar-refractivity contribution in [2.75, 3.05) is 18.5 Å². The van der Waals surface area contributed by atoms with E-state index >= 15 is 0 Å². The van der Waals surface area contributed by atoms with E-state index in [0.29, 0.717) is 13.0 Å². The van der Waals surface area contributed by atoms with Crippen molar-refractivity contribution < 1.29 is 14.6 Å². The largest absolute Gasteiger partial charge is 0.491 e. The summed E-state index contributed by atoms with van der Waals surface area (Å²) in [5.41, 5.74) is 4.00. The highest BCUT2D eigenvalue weighted by Crippen LogP contribution is 2.27. The maximum absolute atomic E-state index is 11.6. The van der Waals surface area contributed by atoms with Crippen LogP contribution >= 0.6 is 0 Å². The number of hydrogen-bond donors (Lipinski definition) is 3. The van der Waals surface area contributed by atoms with Gasteiger partial charge in [-0.2, -0.15) is 0 Å². The molecule has 0 spiro atoms. The van der Waals surface area contributed by atoms with Gasteiger partial charge in [-0.15, -0.1) is 0 Å². The molecule has 1 atom stereocenters. The molecule has 1 heterocycles. The molecule has 28 heavy (non-hydrogen) atoms. The molecule has 2 aromatic rings. The summed E-state index contributed by atoms with van der Waals surface area (Å²) in [6.45, 7) is 6.92. The first-order chi connectivity index (χ1) is 13.3. The molecule has 5 nitrogen and oxygen atoms in total. The topological polar surface area (TPSA) is 70.6 Å². The Hall–Kier alpha value is -2.63. The molecule has 2 aromatic carbocycles. The van der Waals surface area contributed by atoms with Gasteiger partial charge in [-0.25, -0.2) is 0 Å². The van der Waals surface area contributed by atoms with Gasteiger partial charge in [-0.1, -0.05) is 36.4 Å². The van der Waals surface area contributed by atoms with E-state index in [2.05, 4.69) is 31.4 Å². The monoisotopic (exact) mass is 380 g/mol. The molecule has 0 aromatic heterocycles. The number of amides is 1. The van der Waals surface area contributed by atoms with Gasteiger partial charge in [0.1, 0.15) is 18.5 Å². The van der Waals surface area contributed by atoms with Gasteiger partial charge in [-0.05, 0) is 55.7 Å². The summed E-state index contributed by atoms with van der Waals surface area (Å²) in [6.07, 6.45) is 3.91. The molecule has 0 radical (unpaired) electrons. The van der Waals surface area contributed by atoms with E-state index in [4.69, 9.17) is 4.74 Å². The summed E-state index contributed by atoms with van der Waals surface area (Å²) >= 11 is 0. The summed E-state index contributed by atoms with van der Waals surface area (Å²) in [4.78, 5) is 11.6. The Bertz CT molecular complexity index is 851. The standard InChI is InChI=1S/C23H28N2O3/c1-23(2,3)24-14-18(26)15-28-19-11-8-16(9-12-19)7-10-17-5-4-6-21-20(17)13-22(27)25-21/h4-12,18,24,26H,13-15H2,1-3H3,(H,25,27). The third kappa shape index (κ3) is 5.68. The number of β-amino-alcohol motifs (C(OH)–C–C–N with tert-alkyl or cyclic N) is 1. The predicted octanol–water partition coefficient (Wildman–Crippen LogP) is 3.48. The second-order valence-electron chi connectivity index (χ2n) is 8.10. The van der Waals surface area contributed by atoms with Gasteiger partial charge in [0, 0.05) is 17.8 Å². The zero-order chi connectivity index (χ0) is 20.1. The summed E-state index contributed by atoms with van der Waals surface area (Å²) in [6, 6.07) is 13.6. The van der Waals surface area contributed by atoms with Gasteiger partial charge in [-0.3, -0.25) is 4.79 Å². The minimum Gasteiger partial charge on any atom is -0.491 e. The second kappa shape index (κ2) is 8.59. The highest BCUT2D eigenvalue weighted by Gasteiger charge is 2.19. The van der Waals surface area contributed by atoms with Crippen LogP contribution in [0.4, 0.5) is 5.69 Å². The maximum atomic E-state index is 11.6. The lowest BCUT2D eigenvalue weighted by Gasteiger charge is -2.22. The normalized spacial score (nSPS) is 14.8. The third-order valence-electron chi connectivity index (χ3n) is 4.47. The predicted molar refractivity (Wildman–Crippen MR) is 113 cm³/mol. The minimum absolute atomic E-state index is 0.0306. The smallest absolute Gasteiger partial charge is 0.228 e. The van der Waals surface area contributed by atoms with Crippen LogP contribution in [0.2, 0.25) is 0 Å². The van der Waals surface area contributed by atoms with Crippen LogP contribution in [0, 0.1) is 0 Å². The molecule has 3 N–H and O–H groups in total. The molecule has 0 saturated heterocycles. The lowest BCUT2D eigenvalue weighted by molar-refractivity contribution is -0.115. The zero-order valence-electron chi connectivity index (χ0n) is 16.7. The van der Waals surface area contributed by atoms with Crippen molar-refractivity contribution >= 4 is 23.7 Å². The van der Waals surface area contributed by atoms with E-state index in [1.807, 2.05) is 54.6 Å². The van der Waals surface area contributed by atoms with Crippen molar-refractivity contribution in [3.63, 3.8) is 0 Å². The second-order valence-corrected chi connectivity index (χ2v) is 8.10. The Kier molecular flexibility index (Phi) is 6.17. The first-order valence-electron chi connectivity index (χ1n) is 9.56. The fourth-order valence-corrected chi connectivity index (χ4v) is 2.97. The molecule has 1 amide bonds. The van der Waals surface area contributed by atoms with Crippen LogP contribution in [0.15, 0.2) is 42.5 Å². The van der Waals surface area contributed by atoms with Gasteiger partial charge in [0.05, 0.1) is 6.42 Å². The number of carbonyl (C=O) groups excluding carboxylic acids is 1. The summed E-state index contributed by atoms with van der Waals surface area (Å²) in [7, 11) is 0. The van der Waals surface area contributed by atoms with Crippen LogP contribution in [0.3, 0.4) is 0 Å². The Balaban J connectivity index is 1.55. The van der Waals surface area contributed by atoms with Crippen molar-refractivity contribution in [3.05, 3.63) is 59.2 Å². The number of aliphatic hydroxyl groups is 1. The number of ether oxygens (including phenoxy) is 1. The molecule has 5 heteroatoms. The molecule has 148 valence electrons. The van der Waals surface area contributed by atoms with Gasteiger partial charge in [0.2, 0.25) is 5.91 Å². The number of benzene rings is 2. The van der Waals surface area contributed by atoms with Crippen molar-refractivity contribution in [2.45, 2.75) is 38.8 Å². The minimum atomic E-state index is -0.560. The van der Waals surface area contributed by atoms with Crippen molar-refractivity contribution in [3.8, 4) is 5.75 Å². The molecule has 0 bridgehead atoms. The zero-order valence-corrected chi connectivity index (χ0v) is 16.7. The van der Waals surface area contributed by atoms with E-state index in [9.17, 15) is 9.90 Å². The molecule has 1 aliphatic rings. The molecule has 0 fully saturated rings. The molecule has 3 rings (SSSR count). The number of carbonyl (C=O) groups is 1. The molecule has 1 unspecified atom stereocenters. The average molecular weight is 380 g/mol. The first kappa shape index (κ1) is 20.1. The fraction of sp³-hybridized carbons (Fsp3) is 0.348. The maximum Gasteiger partial charge on any atom is 0.228 e. The Labute approximate surface area is 166 Å². The third-order valence-corrected chi connectivity index (χ3v) is 4.47. The Morgan fingerprint density at radius 2 is 1.93 bits per heavy atom. The van der Waals surface area contributed by atoms with E-state index < -0.39 is 6.10 Å². The number of hydrogen-bond acceptors (Lipinski definition) is 4. The van der Waals surface area contributed by atoms with Crippen LogP contribution in [0.1, 0.15) is 37.5 Å². The quantitative estimate of drug-likeness (QED) is 0.643. The lowest BCUT2D eigenvalue weighted by atomic mass is 10.0. The van der Waals surface area contributed by atoms with Crippen LogP contribution in [-0.2, 0) is 11.2 Å². The van der Waals surface area contributed by atoms with Crippen LogP contribution in [-0.4, -0.2) is 35.8 Å². The summed E-state index contributed by atoms with van der Waals surface area (Å²) < 4.78 is 5.66. The lowest BCUT2D eigenvalue weighted by Crippen LogP contribution is -2.42. The number of fused-ring (bicyclic) bond motifs is 1. The summed E-state index contributed by atoms with van der Waals surface area (Å²) in [5, 5.41) is 16.1. The van der Waals surface area contributed by atoms with Crippen molar-refractivity contribution in [2.24, 2.45) is 0 Å². The van der Waals surface area contributed by atoms with Gasteiger partial charge in [0.25, 0.3) is 0 Å². The van der Waals surface area contributed by atoms with E-state index in [1.165, 1.54) is 0 Å². The van der Waals surface area contributed by atoms with Gasteiger partial charge >= 0.3 is 0 Å². The van der Waals surface area contributed by atoms with E-state index in [0.717, 1.165) is 28.1 Å². The average Bonchev–Trinajstić information content (AvgIpc) is 3.04. The number of aliphatic hydroxyl groups excluding tert-OH is 1. The molecule has 0 aliphatic carbocycles.